The number of rotatable bonds is 9. The summed E-state index contributed by atoms with van der Waals surface area (Å²) in [5, 5.41) is 15.7. The summed E-state index contributed by atoms with van der Waals surface area (Å²) in [6.45, 7) is 7.29. The van der Waals surface area contributed by atoms with Gasteiger partial charge in [0.2, 0.25) is 5.72 Å². The molecule has 1 rings (SSSR count). The molecule has 3 N–H and O–H groups in total. The zero-order chi connectivity index (χ0) is 18.9. The van der Waals surface area contributed by atoms with E-state index in [-0.39, 0.29) is 12.6 Å². The average molecular weight is 350 g/mol. The molecule has 0 aromatic heterocycles. The first kappa shape index (κ1) is 21.0. The highest BCUT2D eigenvalue weighted by molar-refractivity contribution is 5.88. The number of nitrogens with one attached hydrogen (secondary N) is 2. The minimum atomic E-state index is -2.01. The van der Waals surface area contributed by atoms with Crippen LogP contribution in [0.25, 0.3) is 0 Å². The van der Waals surface area contributed by atoms with E-state index in [0.717, 1.165) is 12.8 Å². The fraction of sp³-hybridized carbons (Fsp3) is 0.579. The summed E-state index contributed by atoms with van der Waals surface area (Å²) in [6, 6.07) is 9.82. The van der Waals surface area contributed by atoms with Crippen molar-refractivity contribution in [1.82, 2.24) is 10.6 Å². The molecule has 0 heterocycles. The number of alkyl carbamates (subject to hydrolysis) is 1. The van der Waals surface area contributed by atoms with E-state index in [1.807, 2.05) is 44.2 Å². The first-order valence-electron chi connectivity index (χ1n) is 8.81. The predicted octanol–water partition coefficient (Wildman–Crippen LogP) is 2.60. The summed E-state index contributed by atoms with van der Waals surface area (Å²) in [7, 11) is 0. The third kappa shape index (κ3) is 6.74. The van der Waals surface area contributed by atoms with Gasteiger partial charge in [0, 0.05) is 12.0 Å². The van der Waals surface area contributed by atoms with Gasteiger partial charge in [-0.05, 0) is 31.7 Å². The van der Waals surface area contributed by atoms with Crippen molar-refractivity contribution in [3.63, 3.8) is 0 Å². The minimum Gasteiger partial charge on any atom is -0.450 e. The second kappa shape index (κ2) is 10.0. The number of carbonyl (C=O) groups is 2. The molecule has 6 heteroatoms. The Morgan fingerprint density at radius 3 is 2.40 bits per heavy atom. The van der Waals surface area contributed by atoms with E-state index in [2.05, 4.69) is 10.6 Å². The molecule has 2 atom stereocenters. The fourth-order valence-electron chi connectivity index (χ4n) is 2.28. The highest BCUT2D eigenvalue weighted by Gasteiger charge is 2.42. The second-order valence-corrected chi connectivity index (χ2v) is 6.58. The number of hydrogen-bond acceptors (Lipinski definition) is 4. The SMILES string of the molecule is CCCOC(=O)N[C@](O)(C(=O)N[C@@H](C)CCc1ccccc1)C(C)C. The maximum atomic E-state index is 12.5. The standard InChI is InChI=1S/C19H30N2O4/c1-5-13-25-18(23)21-19(24,14(2)3)17(22)20-15(4)11-12-16-9-7-6-8-10-16/h6-10,14-15,24H,5,11-13H2,1-4H3,(H,20,22)(H,21,23)/t15-,19+/m0/s1. The molecule has 0 saturated carbocycles. The van der Waals surface area contributed by atoms with E-state index < -0.39 is 23.6 Å². The van der Waals surface area contributed by atoms with Crippen LogP contribution in [-0.2, 0) is 16.0 Å². The molecule has 0 radical (unpaired) electrons. The summed E-state index contributed by atoms with van der Waals surface area (Å²) in [5.74, 6) is -1.14. The normalized spacial score (nSPS) is 14.5. The molecule has 0 saturated heterocycles. The molecule has 0 fully saturated rings. The number of aliphatic hydroxyl groups is 1. The van der Waals surface area contributed by atoms with Crippen LogP contribution in [0, 0.1) is 5.92 Å². The zero-order valence-corrected chi connectivity index (χ0v) is 15.5. The molecule has 0 aliphatic carbocycles. The van der Waals surface area contributed by atoms with Crippen molar-refractivity contribution in [1.29, 1.82) is 0 Å². The average Bonchev–Trinajstić information content (AvgIpc) is 2.58. The Morgan fingerprint density at radius 2 is 1.84 bits per heavy atom. The van der Waals surface area contributed by atoms with Crippen LogP contribution in [0.5, 0.6) is 0 Å². The number of benzene rings is 1. The Balaban J connectivity index is 2.60. The number of carbonyl (C=O) groups excluding carboxylic acids is 2. The lowest BCUT2D eigenvalue weighted by molar-refractivity contribution is -0.149. The molecule has 140 valence electrons. The van der Waals surface area contributed by atoms with Gasteiger partial charge < -0.3 is 15.2 Å². The lowest BCUT2D eigenvalue weighted by Gasteiger charge is -2.32. The molecular formula is C19H30N2O4. The Bertz CT molecular complexity index is 548. The molecule has 1 aromatic carbocycles. The van der Waals surface area contributed by atoms with E-state index in [0.29, 0.717) is 6.42 Å². The maximum Gasteiger partial charge on any atom is 0.409 e. The highest BCUT2D eigenvalue weighted by atomic mass is 16.6. The van der Waals surface area contributed by atoms with Crippen molar-refractivity contribution in [3.05, 3.63) is 35.9 Å². The summed E-state index contributed by atoms with van der Waals surface area (Å²) < 4.78 is 4.91. The lowest BCUT2D eigenvalue weighted by Crippen LogP contribution is -2.63. The zero-order valence-electron chi connectivity index (χ0n) is 15.5. The van der Waals surface area contributed by atoms with Gasteiger partial charge in [-0.1, -0.05) is 51.1 Å². The van der Waals surface area contributed by atoms with Crippen molar-refractivity contribution in [2.75, 3.05) is 6.61 Å². The van der Waals surface area contributed by atoms with Crippen LogP contribution in [0.4, 0.5) is 4.79 Å². The van der Waals surface area contributed by atoms with E-state index in [1.54, 1.807) is 13.8 Å². The summed E-state index contributed by atoms with van der Waals surface area (Å²) in [5.41, 5.74) is -0.824. The summed E-state index contributed by atoms with van der Waals surface area (Å²) in [4.78, 5) is 24.3. The van der Waals surface area contributed by atoms with Crippen LogP contribution in [0.1, 0.15) is 46.1 Å². The molecule has 25 heavy (non-hydrogen) atoms. The van der Waals surface area contributed by atoms with E-state index in [4.69, 9.17) is 4.74 Å². The van der Waals surface area contributed by atoms with Gasteiger partial charge in [0.15, 0.2) is 0 Å². The Kier molecular flexibility index (Phi) is 8.41. The first-order valence-corrected chi connectivity index (χ1v) is 8.81. The van der Waals surface area contributed by atoms with Gasteiger partial charge in [-0.25, -0.2) is 4.79 Å². The van der Waals surface area contributed by atoms with Crippen LogP contribution in [0.3, 0.4) is 0 Å². The minimum absolute atomic E-state index is 0.147. The van der Waals surface area contributed by atoms with Crippen LogP contribution in [0.15, 0.2) is 30.3 Å². The fourth-order valence-corrected chi connectivity index (χ4v) is 2.28. The molecule has 0 bridgehead atoms. The Morgan fingerprint density at radius 1 is 1.20 bits per heavy atom. The number of amides is 2. The largest absolute Gasteiger partial charge is 0.450 e. The van der Waals surface area contributed by atoms with Crippen molar-refractivity contribution in [2.24, 2.45) is 5.92 Å². The molecule has 6 nitrogen and oxygen atoms in total. The van der Waals surface area contributed by atoms with Crippen LogP contribution < -0.4 is 10.6 Å². The summed E-state index contributed by atoms with van der Waals surface area (Å²) >= 11 is 0. The quantitative estimate of drug-likeness (QED) is 0.597. The topological polar surface area (TPSA) is 87.7 Å². The first-order chi connectivity index (χ1) is 11.8. The van der Waals surface area contributed by atoms with Gasteiger partial charge in [-0.2, -0.15) is 0 Å². The van der Waals surface area contributed by atoms with Crippen LogP contribution in [0.2, 0.25) is 0 Å². The van der Waals surface area contributed by atoms with E-state index in [9.17, 15) is 14.7 Å². The lowest BCUT2D eigenvalue weighted by atomic mass is 9.97. The van der Waals surface area contributed by atoms with Crippen molar-refractivity contribution in [3.8, 4) is 0 Å². The number of ether oxygens (including phenoxy) is 1. The third-order valence-electron chi connectivity index (χ3n) is 4.00. The van der Waals surface area contributed by atoms with Crippen molar-refractivity contribution < 1.29 is 19.4 Å². The molecule has 0 aliphatic heterocycles. The second-order valence-electron chi connectivity index (χ2n) is 6.58. The predicted molar refractivity (Wildman–Crippen MR) is 96.9 cm³/mol. The van der Waals surface area contributed by atoms with Crippen molar-refractivity contribution in [2.45, 2.75) is 58.7 Å². The van der Waals surface area contributed by atoms with E-state index >= 15 is 0 Å². The molecule has 0 aliphatic rings. The summed E-state index contributed by atoms with van der Waals surface area (Å²) in [6.07, 6.45) is 1.40. The third-order valence-corrected chi connectivity index (χ3v) is 4.00. The molecule has 1 aromatic rings. The van der Waals surface area contributed by atoms with Crippen LogP contribution in [-0.4, -0.2) is 35.5 Å². The Labute approximate surface area is 150 Å². The maximum absolute atomic E-state index is 12.5. The van der Waals surface area contributed by atoms with Crippen LogP contribution >= 0.6 is 0 Å². The highest BCUT2D eigenvalue weighted by Crippen LogP contribution is 2.15. The van der Waals surface area contributed by atoms with Gasteiger partial charge in [-0.15, -0.1) is 0 Å². The molecule has 2 amide bonds. The number of aryl methyl sites for hydroxylation is 1. The van der Waals surface area contributed by atoms with Gasteiger partial charge in [0.1, 0.15) is 0 Å². The van der Waals surface area contributed by atoms with Gasteiger partial charge >= 0.3 is 6.09 Å². The van der Waals surface area contributed by atoms with Gasteiger partial charge in [0.25, 0.3) is 5.91 Å². The molecule has 0 spiro atoms. The smallest absolute Gasteiger partial charge is 0.409 e. The Hall–Kier alpha value is -2.08. The van der Waals surface area contributed by atoms with Gasteiger partial charge in [0.05, 0.1) is 6.61 Å². The molecule has 0 unspecified atom stereocenters. The van der Waals surface area contributed by atoms with E-state index in [1.165, 1.54) is 5.56 Å². The number of hydrogen-bond donors (Lipinski definition) is 3. The monoisotopic (exact) mass is 350 g/mol. The molecular weight excluding hydrogens is 320 g/mol. The van der Waals surface area contributed by atoms with Crippen molar-refractivity contribution >= 4 is 12.0 Å². The van der Waals surface area contributed by atoms with Gasteiger partial charge in [-0.3, -0.25) is 10.1 Å².